The fraction of sp³-hybridized carbons (Fsp3) is 0.333. The minimum absolute atomic E-state index is 0.221. The van der Waals surface area contributed by atoms with E-state index in [0.717, 1.165) is 41.7 Å². The molecule has 0 aromatic heterocycles. The first-order chi connectivity index (χ1) is 14.5. The van der Waals surface area contributed by atoms with Crippen molar-refractivity contribution in [2.45, 2.75) is 13.2 Å². The maximum atomic E-state index is 6.23. The lowest BCUT2D eigenvalue weighted by molar-refractivity contribution is 0.0671. The summed E-state index contributed by atoms with van der Waals surface area (Å²) in [4.78, 5) is 13.4. The SMILES string of the molecule is COc1ccc(N2C(N3CCOCC3)=NC(N)=NC2Nc2cc(Cl)ccc2C)cc1. The summed E-state index contributed by atoms with van der Waals surface area (Å²) in [7, 11) is 1.65. The van der Waals surface area contributed by atoms with Gasteiger partial charge in [-0.05, 0) is 48.9 Å². The molecule has 0 amide bonds. The second kappa shape index (κ2) is 8.81. The second-order valence-electron chi connectivity index (χ2n) is 7.04. The number of hydrogen-bond donors (Lipinski definition) is 2. The van der Waals surface area contributed by atoms with Crippen molar-refractivity contribution < 1.29 is 9.47 Å². The summed E-state index contributed by atoms with van der Waals surface area (Å²) in [5, 5.41) is 4.12. The van der Waals surface area contributed by atoms with E-state index in [1.54, 1.807) is 7.11 Å². The maximum absolute atomic E-state index is 6.23. The Morgan fingerprint density at radius 3 is 2.60 bits per heavy atom. The lowest BCUT2D eigenvalue weighted by Gasteiger charge is -2.41. The molecule has 30 heavy (non-hydrogen) atoms. The average Bonchev–Trinajstić information content (AvgIpc) is 2.77. The number of anilines is 2. The second-order valence-corrected chi connectivity index (χ2v) is 7.48. The third-order valence-corrected chi connectivity index (χ3v) is 5.29. The molecule has 1 saturated heterocycles. The zero-order valence-electron chi connectivity index (χ0n) is 17.0. The van der Waals surface area contributed by atoms with Crippen LogP contribution in [-0.2, 0) is 4.74 Å². The molecule has 1 fully saturated rings. The van der Waals surface area contributed by atoms with Gasteiger partial charge in [-0.1, -0.05) is 17.7 Å². The molecule has 8 nitrogen and oxygen atoms in total. The number of methoxy groups -OCH3 is 1. The van der Waals surface area contributed by atoms with Crippen molar-refractivity contribution in [3.05, 3.63) is 53.1 Å². The first-order valence-corrected chi connectivity index (χ1v) is 10.1. The Balaban J connectivity index is 1.73. The monoisotopic (exact) mass is 428 g/mol. The molecule has 1 atom stereocenters. The van der Waals surface area contributed by atoms with Gasteiger partial charge in [0.15, 0.2) is 0 Å². The van der Waals surface area contributed by atoms with Crippen LogP contribution in [0.25, 0.3) is 0 Å². The number of benzene rings is 2. The highest BCUT2D eigenvalue weighted by molar-refractivity contribution is 6.30. The number of nitrogens with zero attached hydrogens (tertiary/aromatic N) is 4. The van der Waals surface area contributed by atoms with Crippen molar-refractivity contribution in [3.8, 4) is 5.75 Å². The van der Waals surface area contributed by atoms with Gasteiger partial charge < -0.3 is 25.4 Å². The molecule has 0 radical (unpaired) electrons. The molecular weight excluding hydrogens is 404 g/mol. The molecule has 2 aliphatic heterocycles. The van der Waals surface area contributed by atoms with Gasteiger partial charge >= 0.3 is 0 Å². The number of morpholine rings is 1. The van der Waals surface area contributed by atoms with E-state index in [1.165, 1.54) is 0 Å². The molecule has 2 aromatic rings. The number of aliphatic imine (C=N–C) groups is 2. The summed E-state index contributed by atoms with van der Waals surface area (Å²) in [6.45, 7) is 4.74. The largest absolute Gasteiger partial charge is 0.497 e. The van der Waals surface area contributed by atoms with Gasteiger partial charge in [0.05, 0.1) is 20.3 Å². The Hall–Kier alpha value is -2.97. The van der Waals surface area contributed by atoms with Gasteiger partial charge in [0.2, 0.25) is 18.2 Å². The van der Waals surface area contributed by atoms with Crippen molar-refractivity contribution >= 4 is 34.9 Å². The molecule has 0 aliphatic carbocycles. The van der Waals surface area contributed by atoms with Crippen LogP contribution in [0.15, 0.2) is 52.4 Å². The van der Waals surface area contributed by atoms with E-state index in [-0.39, 0.29) is 5.96 Å². The minimum Gasteiger partial charge on any atom is -0.497 e. The molecule has 1 unspecified atom stereocenters. The molecule has 0 saturated carbocycles. The van der Waals surface area contributed by atoms with E-state index in [9.17, 15) is 0 Å². The molecule has 4 rings (SSSR count). The van der Waals surface area contributed by atoms with Crippen LogP contribution in [0.2, 0.25) is 5.02 Å². The van der Waals surface area contributed by atoms with Gasteiger partial charge in [-0.25, -0.2) is 4.99 Å². The van der Waals surface area contributed by atoms with Gasteiger partial charge in [0.25, 0.3) is 0 Å². The Labute approximate surface area is 180 Å². The molecule has 2 aromatic carbocycles. The summed E-state index contributed by atoms with van der Waals surface area (Å²) < 4.78 is 10.8. The van der Waals surface area contributed by atoms with Crippen LogP contribution in [0, 0.1) is 6.92 Å². The van der Waals surface area contributed by atoms with Crippen LogP contribution in [-0.4, -0.2) is 56.5 Å². The number of guanidine groups is 2. The summed E-state index contributed by atoms with van der Waals surface area (Å²) in [6, 6.07) is 13.5. The minimum atomic E-state index is -0.495. The predicted molar refractivity (Wildman–Crippen MR) is 121 cm³/mol. The summed E-state index contributed by atoms with van der Waals surface area (Å²) in [5.41, 5.74) is 8.97. The van der Waals surface area contributed by atoms with Crippen LogP contribution >= 0.6 is 11.6 Å². The Morgan fingerprint density at radius 2 is 1.90 bits per heavy atom. The predicted octanol–water partition coefficient (Wildman–Crippen LogP) is 2.88. The molecule has 3 N–H and O–H groups in total. The fourth-order valence-corrected chi connectivity index (χ4v) is 3.62. The first kappa shape index (κ1) is 20.3. The summed E-state index contributed by atoms with van der Waals surface area (Å²) in [6.07, 6.45) is -0.495. The van der Waals surface area contributed by atoms with E-state index in [2.05, 4.69) is 20.2 Å². The smallest absolute Gasteiger partial charge is 0.222 e. The first-order valence-electron chi connectivity index (χ1n) is 9.76. The van der Waals surface area contributed by atoms with Crippen LogP contribution in [0.1, 0.15) is 5.56 Å². The molecule has 2 heterocycles. The number of nitrogens with two attached hydrogens (primary N) is 1. The Bertz CT molecular complexity index is 956. The molecule has 2 aliphatic rings. The van der Waals surface area contributed by atoms with Crippen molar-refractivity contribution in [2.75, 3.05) is 43.6 Å². The molecule has 158 valence electrons. The number of rotatable bonds is 4. The third kappa shape index (κ3) is 4.29. The average molecular weight is 429 g/mol. The number of halogens is 1. The number of ether oxygens (including phenoxy) is 2. The Kier molecular flexibility index (Phi) is 5.96. The van der Waals surface area contributed by atoms with E-state index in [4.69, 9.17) is 26.8 Å². The van der Waals surface area contributed by atoms with Gasteiger partial charge in [0.1, 0.15) is 5.75 Å². The lowest BCUT2D eigenvalue weighted by Crippen LogP contribution is -2.57. The fourth-order valence-electron chi connectivity index (χ4n) is 3.45. The van der Waals surface area contributed by atoms with E-state index in [1.807, 2.05) is 54.3 Å². The highest BCUT2D eigenvalue weighted by atomic mass is 35.5. The van der Waals surface area contributed by atoms with Crippen molar-refractivity contribution in [2.24, 2.45) is 15.7 Å². The molecule has 0 spiro atoms. The quantitative estimate of drug-likeness (QED) is 0.778. The van der Waals surface area contributed by atoms with Crippen LogP contribution in [0.3, 0.4) is 0 Å². The highest BCUT2D eigenvalue weighted by Gasteiger charge is 2.32. The van der Waals surface area contributed by atoms with Crippen molar-refractivity contribution in [3.63, 3.8) is 0 Å². The third-order valence-electron chi connectivity index (χ3n) is 5.06. The van der Waals surface area contributed by atoms with Crippen molar-refractivity contribution in [1.29, 1.82) is 0 Å². The number of nitrogens with one attached hydrogen (secondary N) is 1. The molecule has 0 bridgehead atoms. The van der Waals surface area contributed by atoms with Crippen LogP contribution < -0.4 is 20.7 Å². The molecular formula is C21H25ClN6O2. The zero-order valence-corrected chi connectivity index (χ0v) is 17.8. The maximum Gasteiger partial charge on any atom is 0.222 e. The molecule has 9 heteroatoms. The Morgan fingerprint density at radius 1 is 1.17 bits per heavy atom. The lowest BCUT2D eigenvalue weighted by atomic mass is 10.2. The van der Waals surface area contributed by atoms with E-state index >= 15 is 0 Å². The van der Waals surface area contributed by atoms with Gasteiger partial charge in [0, 0.05) is 29.5 Å². The van der Waals surface area contributed by atoms with Crippen LogP contribution in [0.4, 0.5) is 11.4 Å². The van der Waals surface area contributed by atoms with E-state index in [0.29, 0.717) is 18.2 Å². The topological polar surface area (TPSA) is 87.7 Å². The van der Waals surface area contributed by atoms with Crippen LogP contribution in [0.5, 0.6) is 5.75 Å². The zero-order chi connectivity index (χ0) is 21.1. The number of aryl methyl sites for hydroxylation is 1. The van der Waals surface area contributed by atoms with Gasteiger partial charge in [-0.2, -0.15) is 4.99 Å². The van der Waals surface area contributed by atoms with Crippen molar-refractivity contribution in [1.82, 2.24) is 4.90 Å². The van der Waals surface area contributed by atoms with Gasteiger partial charge in [-0.3, -0.25) is 4.90 Å². The van der Waals surface area contributed by atoms with Gasteiger partial charge in [-0.15, -0.1) is 0 Å². The van der Waals surface area contributed by atoms with E-state index < -0.39 is 6.29 Å². The standard InChI is InChI=1S/C21H25ClN6O2/c1-14-3-4-15(22)13-18(14)24-20-25-19(23)26-21(27-9-11-30-12-10-27)28(20)16-5-7-17(29-2)8-6-16/h3-8,13,20,24H,9-12H2,1-2H3,(H2,23,25). The summed E-state index contributed by atoms with van der Waals surface area (Å²) >= 11 is 6.23. The highest BCUT2D eigenvalue weighted by Crippen LogP contribution is 2.28. The number of hydrogen-bond acceptors (Lipinski definition) is 8. The summed E-state index contributed by atoms with van der Waals surface area (Å²) in [5.74, 6) is 1.73. The normalized spacial score (nSPS) is 19.2.